The molecule has 1 unspecified atom stereocenters. The number of benzene rings is 1. The summed E-state index contributed by atoms with van der Waals surface area (Å²) in [5.41, 5.74) is 1.60. The molecule has 0 aliphatic heterocycles. The number of hydrogen-bond acceptors (Lipinski definition) is 2. The second-order valence-electron chi connectivity index (χ2n) is 3.90. The van der Waals surface area contributed by atoms with Gasteiger partial charge in [0.15, 0.2) is 0 Å². The van der Waals surface area contributed by atoms with E-state index in [0.717, 1.165) is 12.1 Å². The second-order valence-corrected chi connectivity index (χ2v) is 3.90. The first-order valence-electron chi connectivity index (χ1n) is 5.23. The van der Waals surface area contributed by atoms with Gasteiger partial charge in [0.05, 0.1) is 6.10 Å². The molecule has 0 aliphatic rings. The van der Waals surface area contributed by atoms with E-state index in [4.69, 9.17) is 5.11 Å². The monoisotopic (exact) mass is 211 g/mol. The number of hydrogen-bond donors (Lipinski definition) is 2. The number of aliphatic hydroxyl groups excluding tert-OH is 1. The summed E-state index contributed by atoms with van der Waals surface area (Å²) in [6, 6.07) is 5.24. The van der Waals surface area contributed by atoms with Gasteiger partial charge in [0.2, 0.25) is 0 Å². The molecular formula is C12H18FNO. The van der Waals surface area contributed by atoms with Crippen LogP contribution in [0.1, 0.15) is 24.5 Å². The van der Waals surface area contributed by atoms with Gasteiger partial charge in [0.25, 0.3) is 0 Å². The molecule has 0 amide bonds. The molecule has 0 saturated heterocycles. The fourth-order valence-corrected chi connectivity index (χ4v) is 1.29. The predicted octanol–water partition coefficient (Wildman–Crippen LogP) is 1.99. The number of halogens is 1. The van der Waals surface area contributed by atoms with Gasteiger partial charge in [0, 0.05) is 6.54 Å². The van der Waals surface area contributed by atoms with Crippen molar-refractivity contribution in [1.29, 1.82) is 0 Å². The van der Waals surface area contributed by atoms with Crippen molar-refractivity contribution in [2.24, 2.45) is 0 Å². The fourth-order valence-electron chi connectivity index (χ4n) is 1.29. The molecule has 0 aliphatic carbocycles. The van der Waals surface area contributed by atoms with Crippen LogP contribution in [0.2, 0.25) is 0 Å². The van der Waals surface area contributed by atoms with Crippen LogP contribution in [-0.2, 0) is 6.54 Å². The molecule has 15 heavy (non-hydrogen) atoms. The van der Waals surface area contributed by atoms with Crippen molar-refractivity contribution in [3.8, 4) is 0 Å². The van der Waals surface area contributed by atoms with Crippen LogP contribution in [0.3, 0.4) is 0 Å². The van der Waals surface area contributed by atoms with Crippen LogP contribution >= 0.6 is 0 Å². The Labute approximate surface area is 90.1 Å². The van der Waals surface area contributed by atoms with Crippen LogP contribution in [0, 0.1) is 12.7 Å². The number of aliphatic hydroxyl groups is 1. The van der Waals surface area contributed by atoms with Gasteiger partial charge in [-0.15, -0.1) is 0 Å². The molecule has 0 saturated carbocycles. The minimum Gasteiger partial charge on any atom is -0.393 e. The van der Waals surface area contributed by atoms with Gasteiger partial charge in [-0.3, -0.25) is 0 Å². The van der Waals surface area contributed by atoms with Crippen molar-refractivity contribution in [3.05, 3.63) is 35.1 Å². The molecule has 0 aromatic heterocycles. The zero-order chi connectivity index (χ0) is 11.3. The van der Waals surface area contributed by atoms with E-state index in [0.29, 0.717) is 18.5 Å². The Morgan fingerprint density at radius 1 is 1.47 bits per heavy atom. The second kappa shape index (κ2) is 5.83. The summed E-state index contributed by atoms with van der Waals surface area (Å²) >= 11 is 0. The van der Waals surface area contributed by atoms with Gasteiger partial charge in [0.1, 0.15) is 5.82 Å². The molecule has 84 valence electrons. The topological polar surface area (TPSA) is 32.3 Å². The van der Waals surface area contributed by atoms with Crippen LogP contribution < -0.4 is 5.32 Å². The molecular weight excluding hydrogens is 193 g/mol. The number of aryl methyl sites for hydroxylation is 1. The highest BCUT2D eigenvalue weighted by molar-refractivity contribution is 5.23. The molecule has 0 spiro atoms. The summed E-state index contributed by atoms with van der Waals surface area (Å²) in [5, 5.41) is 12.2. The Kier molecular flexibility index (Phi) is 4.72. The van der Waals surface area contributed by atoms with E-state index in [1.165, 1.54) is 0 Å². The summed E-state index contributed by atoms with van der Waals surface area (Å²) in [5.74, 6) is -0.162. The lowest BCUT2D eigenvalue weighted by Gasteiger charge is -2.07. The Bertz CT molecular complexity index is 312. The maximum atomic E-state index is 13.1. The first-order valence-corrected chi connectivity index (χ1v) is 5.23. The smallest absolute Gasteiger partial charge is 0.126 e. The molecule has 1 rings (SSSR count). The summed E-state index contributed by atoms with van der Waals surface area (Å²) in [6.07, 6.45) is 0.432. The van der Waals surface area contributed by atoms with Gasteiger partial charge in [-0.1, -0.05) is 12.1 Å². The first-order chi connectivity index (χ1) is 7.09. The zero-order valence-electron chi connectivity index (χ0n) is 9.26. The van der Waals surface area contributed by atoms with E-state index in [2.05, 4.69) is 5.32 Å². The van der Waals surface area contributed by atoms with Gasteiger partial charge in [-0.05, 0) is 44.0 Å². The molecule has 0 fully saturated rings. The number of nitrogens with one attached hydrogen (secondary N) is 1. The zero-order valence-corrected chi connectivity index (χ0v) is 9.26. The Morgan fingerprint density at radius 3 is 2.80 bits per heavy atom. The molecule has 1 atom stereocenters. The van der Waals surface area contributed by atoms with Crippen molar-refractivity contribution in [3.63, 3.8) is 0 Å². The standard InChI is InChI=1S/C12H18FNO/c1-9-3-4-11(7-12(9)13)8-14-6-5-10(2)15/h3-4,7,10,14-15H,5-6,8H2,1-2H3. The van der Waals surface area contributed by atoms with Crippen LogP contribution in [0.15, 0.2) is 18.2 Å². The Morgan fingerprint density at radius 2 is 2.20 bits per heavy atom. The molecule has 0 radical (unpaired) electrons. The maximum absolute atomic E-state index is 13.1. The molecule has 2 nitrogen and oxygen atoms in total. The highest BCUT2D eigenvalue weighted by Crippen LogP contribution is 2.08. The van der Waals surface area contributed by atoms with Gasteiger partial charge in [-0.25, -0.2) is 4.39 Å². The minimum absolute atomic E-state index is 0.162. The van der Waals surface area contributed by atoms with E-state index in [-0.39, 0.29) is 11.9 Å². The van der Waals surface area contributed by atoms with Crippen molar-refractivity contribution in [2.75, 3.05) is 6.54 Å². The van der Waals surface area contributed by atoms with Crippen LogP contribution in [0.25, 0.3) is 0 Å². The van der Waals surface area contributed by atoms with Crippen molar-refractivity contribution in [2.45, 2.75) is 32.9 Å². The van der Waals surface area contributed by atoms with E-state index in [1.807, 2.05) is 6.07 Å². The first kappa shape index (κ1) is 12.1. The summed E-state index contributed by atoms with van der Waals surface area (Å²) in [4.78, 5) is 0. The average molecular weight is 211 g/mol. The number of rotatable bonds is 5. The fraction of sp³-hybridized carbons (Fsp3) is 0.500. The van der Waals surface area contributed by atoms with Crippen molar-refractivity contribution >= 4 is 0 Å². The molecule has 2 N–H and O–H groups in total. The largest absolute Gasteiger partial charge is 0.393 e. The summed E-state index contributed by atoms with van der Waals surface area (Å²) in [7, 11) is 0. The molecule has 0 bridgehead atoms. The van der Waals surface area contributed by atoms with Crippen molar-refractivity contribution in [1.82, 2.24) is 5.32 Å². The lowest BCUT2D eigenvalue weighted by atomic mass is 10.1. The van der Waals surface area contributed by atoms with Gasteiger partial charge in [-0.2, -0.15) is 0 Å². The molecule has 1 aromatic carbocycles. The van der Waals surface area contributed by atoms with Crippen LogP contribution in [-0.4, -0.2) is 17.8 Å². The predicted molar refractivity (Wildman–Crippen MR) is 59.1 cm³/mol. The SMILES string of the molecule is Cc1ccc(CNCCC(C)O)cc1F. The highest BCUT2D eigenvalue weighted by Gasteiger charge is 1.99. The van der Waals surface area contributed by atoms with Crippen LogP contribution in [0.5, 0.6) is 0 Å². The third-order valence-electron chi connectivity index (χ3n) is 2.30. The molecule has 3 heteroatoms. The molecule has 0 heterocycles. The van der Waals surface area contributed by atoms with E-state index >= 15 is 0 Å². The normalized spacial score (nSPS) is 12.8. The quantitative estimate of drug-likeness (QED) is 0.730. The minimum atomic E-state index is -0.285. The lowest BCUT2D eigenvalue weighted by Crippen LogP contribution is -2.18. The Balaban J connectivity index is 2.35. The molecule has 1 aromatic rings. The summed E-state index contributed by atoms with van der Waals surface area (Å²) < 4.78 is 13.1. The third kappa shape index (κ3) is 4.40. The third-order valence-corrected chi connectivity index (χ3v) is 2.30. The van der Waals surface area contributed by atoms with E-state index in [1.54, 1.807) is 26.0 Å². The lowest BCUT2D eigenvalue weighted by molar-refractivity contribution is 0.183. The average Bonchev–Trinajstić information content (AvgIpc) is 2.18. The van der Waals surface area contributed by atoms with E-state index in [9.17, 15) is 4.39 Å². The van der Waals surface area contributed by atoms with Crippen LogP contribution in [0.4, 0.5) is 4.39 Å². The van der Waals surface area contributed by atoms with E-state index < -0.39 is 0 Å². The summed E-state index contributed by atoms with van der Waals surface area (Å²) in [6.45, 7) is 4.89. The maximum Gasteiger partial charge on any atom is 0.126 e. The Hall–Kier alpha value is -0.930. The highest BCUT2D eigenvalue weighted by atomic mass is 19.1. The van der Waals surface area contributed by atoms with Gasteiger partial charge < -0.3 is 10.4 Å². The van der Waals surface area contributed by atoms with Gasteiger partial charge >= 0.3 is 0 Å². The van der Waals surface area contributed by atoms with Crippen molar-refractivity contribution < 1.29 is 9.50 Å².